The summed E-state index contributed by atoms with van der Waals surface area (Å²) in [6.45, 7) is 4.45. The average Bonchev–Trinajstić information content (AvgIpc) is 2.91. The Labute approximate surface area is 117 Å². The van der Waals surface area contributed by atoms with Crippen LogP contribution < -0.4 is 9.47 Å². The summed E-state index contributed by atoms with van der Waals surface area (Å²) in [5.74, 6) is 1.79. The maximum Gasteiger partial charge on any atom is 0.164 e. The van der Waals surface area contributed by atoms with E-state index in [-0.39, 0.29) is 12.4 Å². The highest BCUT2D eigenvalue weighted by Crippen LogP contribution is 2.25. The van der Waals surface area contributed by atoms with Gasteiger partial charge in [0.25, 0.3) is 0 Å². The Morgan fingerprint density at radius 3 is 2.85 bits per heavy atom. The summed E-state index contributed by atoms with van der Waals surface area (Å²) in [6, 6.07) is 5.13. The molecule has 0 bridgehead atoms. The van der Waals surface area contributed by atoms with E-state index in [0.717, 1.165) is 6.54 Å². The third-order valence-electron chi connectivity index (χ3n) is 2.92. The zero-order valence-electron chi connectivity index (χ0n) is 11.8. The van der Waals surface area contributed by atoms with Crippen molar-refractivity contribution in [3.8, 4) is 11.5 Å². The summed E-state index contributed by atoms with van der Waals surface area (Å²) >= 11 is 0. The summed E-state index contributed by atoms with van der Waals surface area (Å²) in [5.41, 5.74) is 0.522. The minimum absolute atomic E-state index is 0.0559. The van der Waals surface area contributed by atoms with E-state index < -0.39 is 0 Å². The standard InChI is InChI=1S/C14H17N3O3/c1-4-17-14(15-9-16-17)8-20-13-7-11(19-3)5-6-12(13)10(2)18/h5-7,9H,4,8H2,1-3H3. The van der Waals surface area contributed by atoms with Crippen molar-refractivity contribution in [2.75, 3.05) is 7.11 Å². The number of methoxy groups -OCH3 is 1. The molecule has 0 atom stereocenters. The zero-order chi connectivity index (χ0) is 14.5. The summed E-state index contributed by atoms with van der Waals surface area (Å²) < 4.78 is 12.6. The van der Waals surface area contributed by atoms with Crippen LogP contribution in [-0.4, -0.2) is 27.7 Å². The van der Waals surface area contributed by atoms with Crippen LogP contribution in [0.1, 0.15) is 30.0 Å². The molecule has 0 N–H and O–H groups in total. The molecule has 0 amide bonds. The summed E-state index contributed by atoms with van der Waals surface area (Å²) in [4.78, 5) is 15.7. The van der Waals surface area contributed by atoms with Gasteiger partial charge >= 0.3 is 0 Å². The smallest absolute Gasteiger partial charge is 0.164 e. The van der Waals surface area contributed by atoms with Crippen molar-refractivity contribution in [1.29, 1.82) is 0 Å². The van der Waals surface area contributed by atoms with E-state index in [2.05, 4.69) is 10.1 Å². The number of hydrogen-bond donors (Lipinski definition) is 0. The second kappa shape index (κ2) is 6.18. The molecule has 1 aromatic heterocycles. The number of aromatic nitrogens is 3. The Morgan fingerprint density at radius 1 is 1.40 bits per heavy atom. The lowest BCUT2D eigenvalue weighted by Crippen LogP contribution is -2.09. The molecule has 6 heteroatoms. The lowest BCUT2D eigenvalue weighted by molar-refractivity contribution is 0.101. The number of ketones is 1. The Balaban J connectivity index is 2.21. The van der Waals surface area contributed by atoms with Crippen molar-refractivity contribution in [1.82, 2.24) is 14.8 Å². The fourth-order valence-electron chi connectivity index (χ4n) is 1.85. The number of hydrogen-bond acceptors (Lipinski definition) is 5. The Bertz CT molecular complexity index is 607. The van der Waals surface area contributed by atoms with Crippen LogP contribution in [0.15, 0.2) is 24.5 Å². The first-order valence-corrected chi connectivity index (χ1v) is 6.34. The highest BCUT2D eigenvalue weighted by molar-refractivity contribution is 5.97. The number of rotatable bonds is 6. The van der Waals surface area contributed by atoms with E-state index in [0.29, 0.717) is 22.9 Å². The van der Waals surface area contributed by atoms with Crippen LogP contribution >= 0.6 is 0 Å². The number of carbonyl (C=O) groups excluding carboxylic acids is 1. The lowest BCUT2D eigenvalue weighted by atomic mass is 10.1. The van der Waals surface area contributed by atoms with Gasteiger partial charge in [0.05, 0.1) is 12.7 Å². The normalized spacial score (nSPS) is 10.3. The molecule has 1 aromatic carbocycles. The molecule has 0 fully saturated rings. The molecule has 106 valence electrons. The molecule has 2 rings (SSSR count). The van der Waals surface area contributed by atoms with Gasteiger partial charge in [0, 0.05) is 12.6 Å². The molecule has 0 radical (unpaired) electrons. The Morgan fingerprint density at radius 2 is 2.20 bits per heavy atom. The van der Waals surface area contributed by atoms with Crippen LogP contribution in [0.3, 0.4) is 0 Å². The van der Waals surface area contributed by atoms with Gasteiger partial charge in [0.1, 0.15) is 24.4 Å². The van der Waals surface area contributed by atoms with E-state index in [1.54, 1.807) is 30.0 Å². The monoisotopic (exact) mass is 275 g/mol. The van der Waals surface area contributed by atoms with Gasteiger partial charge in [-0.3, -0.25) is 4.79 Å². The first-order valence-electron chi connectivity index (χ1n) is 6.34. The molecular weight excluding hydrogens is 258 g/mol. The number of nitrogens with zero attached hydrogens (tertiary/aromatic N) is 3. The molecule has 0 saturated heterocycles. The van der Waals surface area contributed by atoms with E-state index in [1.165, 1.54) is 13.3 Å². The molecule has 0 aliphatic carbocycles. The first kappa shape index (κ1) is 14.0. The zero-order valence-corrected chi connectivity index (χ0v) is 11.8. The minimum atomic E-state index is -0.0559. The van der Waals surface area contributed by atoms with Crippen LogP contribution in [0.25, 0.3) is 0 Å². The van der Waals surface area contributed by atoms with Gasteiger partial charge in [0.2, 0.25) is 0 Å². The molecule has 6 nitrogen and oxygen atoms in total. The molecule has 20 heavy (non-hydrogen) atoms. The molecule has 0 spiro atoms. The first-order chi connectivity index (χ1) is 9.65. The largest absolute Gasteiger partial charge is 0.497 e. The third kappa shape index (κ3) is 2.96. The predicted octanol–water partition coefficient (Wildman–Crippen LogP) is 2.09. The van der Waals surface area contributed by atoms with Gasteiger partial charge < -0.3 is 9.47 Å². The lowest BCUT2D eigenvalue weighted by Gasteiger charge is -2.11. The van der Waals surface area contributed by atoms with Crippen molar-refractivity contribution in [3.05, 3.63) is 35.9 Å². The van der Waals surface area contributed by atoms with Gasteiger partial charge in [-0.1, -0.05) is 0 Å². The van der Waals surface area contributed by atoms with E-state index >= 15 is 0 Å². The highest BCUT2D eigenvalue weighted by Gasteiger charge is 2.11. The van der Waals surface area contributed by atoms with Gasteiger partial charge in [0.15, 0.2) is 11.6 Å². The number of Topliss-reactive ketones (excluding diaryl/α,β-unsaturated/α-hetero) is 1. The second-order valence-corrected chi connectivity index (χ2v) is 4.20. The third-order valence-corrected chi connectivity index (χ3v) is 2.92. The fourth-order valence-corrected chi connectivity index (χ4v) is 1.85. The number of aryl methyl sites for hydroxylation is 1. The summed E-state index contributed by atoms with van der Waals surface area (Å²) in [6.07, 6.45) is 1.49. The van der Waals surface area contributed by atoms with E-state index in [4.69, 9.17) is 9.47 Å². The molecule has 0 aliphatic rings. The quantitative estimate of drug-likeness (QED) is 0.755. The molecule has 0 saturated carbocycles. The van der Waals surface area contributed by atoms with Gasteiger partial charge in [-0.15, -0.1) is 0 Å². The summed E-state index contributed by atoms with van der Waals surface area (Å²) in [7, 11) is 1.57. The minimum Gasteiger partial charge on any atom is -0.497 e. The van der Waals surface area contributed by atoms with Gasteiger partial charge in [-0.2, -0.15) is 5.10 Å². The number of benzene rings is 1. The van der Waals surface area contributed by atoms with Crippen LogP contribution in [0.5, 0.6) is 11.5 Å². The van der Waals surface area contributed by atoms with Gasteiger partial charge in [-0.25, -0.2) is 9.67 Å². The maximum absolute atomic E-state index is 11.6. The molecule has 2 aromatic rings. The van der Waals surface area contributed by atoms with Crippen LogP contribution in [0.4, 0.5) is 0 Å². The van der Waals surface area contributed by atoms with Gasteiger partial charge in [-0.05, 0) is 26.0 Å². The van der Waals surface area contributed by atoms with E-state index in [1.807, 2.05) is 6.92 Å². The second-order valence-electron chi connectivity index (χ2n) is 4.20. The molecule has 0 aliphatic heterocycles. The van der Waals surface area contributed by atoms with E-state index in [9.17, 15) is 4.79 Å². The predicted molar refractivity (Wildman–Crippen MR) is 73.0 cm³/mol. The van der Waals surface area contributed by atoms with Crippen molar-refractivity contribution in [3.63, 3.8) is 0 Å². The maximum atomic E-state index is 11.6. The summed E-state index contributed by atoms with van der Waals surface area (Å²) in [5, 5.41) is 4.07. The van der Waals surface area contributed by atoms with Crippen molar-refractivity contribution in [2.45, 2.75) is 27.0 Å². The topological polar surface area (TPSA) is 66.2 Å². The highest BCUT2D eigenvalue weighted by atomic mass is 16.5. The van der Waals surface area contributed by atoms with Crippen molar-refractivity contribution < 1.29 is 14.3 Å². The Kier molecular flexibility index (Phi) is 4.34. The molecular formula is C14H17N3O3. The molecule has 1 heterocycles. The van der Waals surface area contributed by atoms with Crippen LogP contribution in [0.2, 0.25) is 0 Å². The van der Waals surface area contributed by atoms with Crippen LogP contribution in [0, 0.1) is 0 Å². The van der Waals surface area contributed by atoms with Crippen LogP contribution in [-0.2, 0) is 13.2 Å². The fraction of sp³-hybridized carbons (Fsp3) is 0.357. The SMILES string of the molecule is CCn1ncnc1COc1cc(OC)ccc1C(C)=O. The molecule has 0 unspecified atom stereocenters. The number of carbonyl (C=O) groups is 1. The Hall–Kier alpha value is -2.37. The number of ether oxygens (including phenoxy) is 2. The average molecular weight is 275 g/mol. The van der Waals surface area contributed by atoms with Crippen molar-refractivity contribution in [2.24, 2.45) is 0 Å². The van der Waals surface area contributed by atoms with Crippen molar-refractivity contribution >= 4 is 5.78 Å².